The van der Waals surface area contributed by atoms with Crippen molar-refractivity contribution < 1.29 is 22.0 Å². The minimum Gasteiger partial charge on any atom is -0.334 e. The van der Waals surface area contributed by atoms with Crippen molar-refractivity contribution in [1.82, 2.24) is 4.90 Å². The number of benzene rings is 2. The highest BCUT2D eigenvalue weighted by Gasteiger charge is 2.18. The second kappa shape index (κ2) is 9.11. The van der Waals surface area contributed by atoms with E-state index in [0.29, 0.717) is 29.1 Å². The first kappa shape index (κ1) is 22.2. The summed E-state index contributed by atoms with van der Waals surface area (Å²) in [6.07, 6.45) is 0. The molecule has 2 aromatic carbocycles. The third-order valence-corrected chi connectivity index (χ3v) is 6.82. The van der Waals surface area contributed by atoms with E-state index in [4.69, 9.17) is 11.6 Å². The molecule has 0 atom stereocenters. The van der Waals surface area contributed by atoms with Crippen LogP contribution in [-0.4, -0.2) is 25.8 Å². The SMILES string of the molecule is CCN(Cc1ccc(Cl)s1)C(=O)c1ccc(NS(=O)(=O)c2ccc(F)c(F)c2)cc1. The molecule has 0 fully saturated rings. The Hall–Kier alpha value is -2.49. The van der Waals surface area contributed by atoms with Gasteiger partial charge in [-0.3, -0.25) is 9.52 Å². The van der Waals surface area contributed by atoms with E-state index in [-0.39, 0.29) is 11.6 Å². The van der Waals surface area contributed by atoms with Gasteiger partial charge >= 0.3 is 0 Å². The van der Waals surface area contributed by atoms with Gasteiger partial charge in [-0.05, 0) is 61.5 Å². The van der Waals surface area contributed by atoms with Crippen LogP contribution in [0, 0.1) is 11.6 Å². The molecule has 3 rings (SSSR count). The quantitative estimate of drug-likeness (QED) is 0.519. The van der Waals surface area contributed by atoms with Gasteiger partial charge in [-0.1, -0.05) is 11.6 Å². The number of carbonyl (C=O) groups excluding carboxylic acids is 1. The average Bonchev–Trinajstić information content (AvgIpc) is 3.12. The first-order valence-corrected chi connectivity index (χ1v) is 11.5. The Labute approximate surface area is 182 Å². The Bertz CT molecular complexity index is 1170. The zero-order valence-corrected chi connectivity index (χ0v) is 18.1. The third-order valence-electron chi connectivity index (χ3n) is 4.23. The summed E-state index contributed by atoms with van der Waals surface area (Å²) >= 11 is 7.33. The molecular weight excluding hydrogens is 454 g/mol. The number of hydrogen-bond acceptors (Lipinski definition) is 4. The Balaban J connectivity index is 1.73. The molecule has 0 bridgehead atoms. The molecule has 1 N–H and O–H groups in total. The lowest BCUT2D eigenvalue weighted by Gasteiger charge is -2.20. The van der Waals surface area contributed by atoms with Crippen molar-refractivity contribution in [3.8, 4) is 0 Å². The van der Waals surface area contributed by atoms with Crippen LogP contribution in [0.5, 0.6) is 0 Å². The van der Waals surface area contributed by atoms with Crippen LogP contribution in [0.3, 0.4) is 0 Å². The molecule has 10 heteroatoms. The highest BCUT2D eigenvalue weighted by Crippen LogP contribution is 2.24. The van der Waals surface area contributed by atoms with Crippen molar-refractivity contribution in [1.29, 1.82) is 0 Å². The van der Waals surface area contributed by atoms with Crippen LogP contribution in [0.15, 0.2) is 59.5 Å². The van der Waals surface area contributed by atoms with Crippen molar-refractivity contribution in [3.63, 3.8) is 0 Å². The summed E-state index contributed by atoms with van der Waals surface area (Å²) in [5.74, 6) is -2.61. The highest BCUT2D eigenvalue weighted by atomic mass is 35.5. The number of anilines is 1. The molecule has 30 heavy (non-hydrogen) atoms. The van der Waals surface area contributed by atoms with Gasteiger partial charge in [-0.2, -0.15) is 0 Å². The van der Waals surface area contributed by atoms with E-state index >= 15 is 0 Å². The van der Waals surface area contributed by atoms with Crippen molar-refractivity contribution in [2.24, 2.45) is 0 Å². The van der Waals surface area contributed by atoms with Crippen molar-refractivity contribution >= 4 is 44.6 Å². The van der Waals surface area contributed by atoms with E-state index in [1.54, 1.807) is 11.0 Å². The number of hydrogen-bond donors (Lipinski definition) is 1. The number of amides is 1. The number of thiophene rings is 1. The lowest BCUT2D eigenvalue weighted by atomic mass is 10.2. The van der Waals surface area contributed by atoms with Gasteiger partial charge in [0.2, 0.25) is 0 Å². The molecule has 0 saturated carbocycles. The van der Waals surface area contributed by atoms with Gasteiger partial charge < -0.3 is 4.90 Å². The smallest absolute Gasteiger partial charge is 0.261 e. The fraction of sp³-hybridized carbons (Fsp3) is 0.150. The van der Waals surface area contributed by atoms with E-state index in [1.807, 2.05) is 13.0 Å². The first-order valence-electron chi connectivity index (χ1n) is 8.81. The number of rotatable bonds is 7. The number of halogens is 3. The Morgan fingerprint density at radius 3 is 2.33 bits per heavy atom. The molecule has 3 aromatic rings. The highest BCUT2D eigenvalue weighted by molar-refractivity contribution is 7.92. The predicted octanol–water partition coefficient (Wildman–Crippen LogP) is 5.14. The monoisotopic (exact) mass is 470 g/mol. The second-order valence-corrected chi connectivity index (χ2v) is 9.77. The molecule has 0 aliphatic heterocycles. The van der Waals surface area contributed by atoms with Gasteiger partial charge in [0.1, 0.15) is 0 Å². The Morgan fingerprint density at radius 1 is 1.07 bits per heavy atom. The average molecular weight is 471 g/mol. The van der Waals surface area contributed by atoms with Crippen LogP contribution in [0.1, 0.15) is 22.2 Å². The molecule has 0 aliphatic rings. The summed E-state index contributed by atoms with van der Waals surface area (Å²) < 4.78 is 54.0. The molecule has 0 saturated heterocycles. The summed E-state index contributed by atoms with van der Waals surface area (Å²) in [6, 6.07) is 11.8. The lowest BCUT2D eigenvalue weighted by molar-refractivity contribution is 0.0754. The van der Waals surface area contributed by atoms with Gasteiger partial charge in [0.25, 0.3) is 15.9 Å². The summed E-state index contributed by atoms with van der Waals surface area (Å²) in [4.78, 5) is 14.9. The molecule has 158 valence electrons. The number of nitrogens with one attached hydrogen (secondary N) is 1. The molecule has 0 radical (unpaired) electrons. The molecule has 0 unspecified atom stereocenters. The fourth-order valence-electron chi connectivity index (χ4n) is 2.67. The summed E-state index contributed by atoms with van der Waals surface area (Å²) in [5.41, 5.74) is 0.569. The molecule has 1 amide bonds. The van der Waals surface area contributed by atoms with E-state index in [9.17, 15) is 22.0 Å². The van der Waals surface area contributed by atoms with Crippen LogP contribution in [0.2, 0.25) is 4.34 Å². The second-order valence-electron chi connectivity index (χ2n) is 6.28. The third kappa shape index (κ3) is 5.16. The van der Waals surface area contributed by atoms with Gasteiger partial charge in [-0.15, -0.1) is 11.3 Å². The maximum absolute atomic E-state index is 13.3. The van der Waals surface area contributed by atoms with Gasteiger partial charge in [0.15, 0.2) is 11.6 Å². The normalized spacial score (nSPS) is 11.3. The van der Waals surface area contributed by atoms with Crippen molar-refractivity contribution in [3.05, 3.63) is 81.0 Å². The van der Waals surface area contributed by atoms with E-state index < -0.39 is 26.6 Å². The van der Waals surface area contributed by atoms with Gasteiger partial charge in [0, 0.05) is 22.7 Å². The largest absolute Gasteiger partial charge is 0.334 e. The Kier molecular flexibility index (Phi) is 6.74. The molecule has 1 aromatic heterocycles. The summed E-state index contributed by atoms with van der Waals surface area (Å²) in [7, 11) is -4.11. The van der Waals surface area contributed by atoms with E-state index in [1.165, 1.54) is 35.6 Å². The van der Waals surface area contributed by atoms with Gasteiger partial charge in [-0.25, -0.2) is 17.2 Å². The standard InChI is InChI=1S/C20H17ClF2N2O3S2/c1-2-25(12-15-7-10-19(21)29-15)20(26)13-3-5-14(6-4-13)24-30(27,28)16-8-9-17(22)18(23)11-16/h3-11,24H,2,12H2,1H3. The minimum atomic E-state index is -4.11. The molecule has 5 nitrogen and oxygen atoms in total. The summed E-state index contributed by atoms with van der Waals surface area (Å²) in [6.45, 7) is 2.76. The number of sulfonamides is 1. The molecule has 0 aliphatic carbocycles. The molecule has 0 spiro atoms. The van der Waals surface area contributed by atoms with E-state index in [0.717, 1.165) is 17.0 Å². The summed E-state index contributed by atoms with van der Waals surface area (Å²) in [5, 5.41) is 0. The zero-order chi connectivity index (χ0) is 21.9. The number of carbonyl (C=O) groups is 1. The first-order chi connectivity index (χ1) is 14.2. The van der Waals surface area contributed by atoms with Crippen LogP contribution >= 0.6 is 22.9 Å². The fourth-order valence-corrected chi connectivity index (χ4v) is 4.85. The maximum Gasteiger partial charge on any atom is 0.261 e. The minimum absolute atomic E-state index is 0.185. The lowest BCUT2D eigenvalue weighted by Crippen LogP contribution is -2.29. The van der Waals surface area contributed by atoms with Crippen molar-refractivity contribution in [2.45, 2.75) is 18.4 Å². The van der Waals surface area contributed by atoms with Gasteiger partial charge in [0.05, 0.1) is 15.8 Å². The molecule has 1 heterocycles. The van der Waals surface area contributed by atoms with Crippen molar-refractivity contribution in [2.75, 3.05) is 11.3 Å². The van der Waals surface area contributed by atoms with Crippen LogP contribution in [0.4, 0.5) is 14.5 Å². The Morgan fingerprint density at radius 2 is 1.77 bits per heavy atom. The van der Waals surface area contributed by atoms with E-state index in [2.05, 4.69) is 4.72 Å². The van der Waals surface area contributed by atoms with Crippen LogP contribution < -0.4 is 4.72 Å². The topological polar surface area (TPSA) is 66.5 Å². The molecular formula is C20H17ClF2N2O3S2. The zero-order valence-electron chi connectivity index (χ0n) is 15.7. The number of nitrogens with zero attached hydrogens (tertiary/aromatic N) is 1. The maximum atomic E-state index is 13.3. The van der Waals surface area contributed by atoms with Crippen LogP contribution in [0.25, 0.3) is 0 Å². The van der Waals surface area contributed by atoms with Crippen LogP contribution in [-0.2, 0) is 16.6 Å². The predicted molar refractivity (Wildman–Crippen MR) is 113 cm³/mol.